The number of carbonyl (C=O) groups excluding carboxylic acids is 1. The summed E-state index contributed by atoms with van der Waals surface area (Å²) < 4.78 is 1.40. The molecule has 3 rings (SSSR count). The first-order valence-electron chi connectivity index (χ1n) is 8.89. The summed E-state index contributed by atoms with van der Waals surface area (Å²) in [4.78, 5) is 36.6. The van der Waals surface area contributed by atoms with Crippen LogP contribution in [0.1, 0.15) is 6.42 Å². The third-order valence-electron chi connectivity index (χ3n) is 4.39. The van der Waals surface area contributed by atoms with Gasteiger partial charge in [-0.25, -0.2) is 9.97 Å². The zero-order valence-corrected chi connectivity index (χ0v) is 14.8. The van der Waals surface area contributed by atoms with Crippen molar-refractivity contribution in [3.05, 3.63) is 53.2 Å². The predicted molar refractivity (Wildman–Crippen MR) is 99.0 cm³/mol. The van der Waals surface area contributed by atoms with Crippen LogP contribution in [-0.2, 0) is 11.3 Å². The summed E-state index contributed by atoms with van der Waals surface area (Å²) in [5.41, 5.74) is -0.164. The molecule has 8 heteroatoms. The van der Waals surface area contributed by atoms with Crippen molar-refractivity contribution in [2.45, 2.75) is 13.0 Å². The van der Waals surface area contributed by atoms with Crippen molar-refractivity contribution in [2.75, 3.05) is 44.2 Å². The van der Waals surface area contributed by atoms with Crippen molar-refractivity contribution in [1.29, 1.82) is 0 Å². The zero-order chi connectivity index (χ0) is 18.2. The van der Waals surface area contributed by atoms with E-state index in [0.717, 1.165) is 45.1 Å². The largest absolute Gasteiger partial charge is 0.355 e. The van der Waals surface area contributed by atoms with Crippen LogP contribution in [0.2, 0.25) is 0 Å². The molecule has 1 amide bonds. The third kappa shape index (κ3) is 5.13. The quantitative estimate of drug-likeness (QED) is 0.702. The van der Waals surface area contributed by atoms with Crippen molar-refractivity contribution in [1.82, 2.24) is 24.8 Å². The van der Waals surface area contributed by atoms with E-state index in [-0.39, 0.29) is 18.0 Å². The Labute approximate surface area is 152 Å². The molecule has 0 saturated carbocycles. The number of rotatable bonds is 7. The number of nitrogens with one attached hydrogen (secondary N) is 1. The average Bonchev–Trinajstić information content (AvgIpc) is 2.68. The number of nitrogens with zero attached hydrogens (tertiary/aromatic N) is 5. The highest BCUT2D eigenvalue weighted by molar-refractivity contribution is 5.75. The van der Waals surface area contributed by atoms with E-state index in [0.29, 0.717) is 6.54 Å². The second-order valence-electron chi connectivity index (χ2n) is 6.25. The van der Waals surface area contributed by atoms with E-state index in [9.17, 15) is 9.59 Å². The molecule has 1 aliphatic rings. The summed E-state index contributed by atoms with van der Waals surface area (Å²) in [6.07, 6.45) is 6.04. The molecule has 8 nitrogen and oxygen atoms in total. The first-order chi connectivity index (χ1) is 12.7. The van der Waals surface area contributed by atoms with Gasteiger partial charge in [-0.1, -0.05) is 6.07 Å². The van der Waals surface area contributed by atoms with Gasteiger partial charge in [-0.2, -0.15) is 0 Å². The molecule has 3 heterocycles. The molecule has 0 aliphatic carbocycles. The lowest BCUT2D eigenvalue weighted by atomic mass is 10.3. The molecule has 1 fully saturated rings. The van der Waals surface area contributed by atoms with Crippen molar-refractivity contribution >= 4 is 11.9 Å². The summed E-state index contributed by atoms with van der Waals surface area (Å²) in [5, 5.41) is 2.88. The second-order valence-corrected chi connectivity index (χ2v) is 6.25. The molecule has 1 N–H and O–H groups in total. The van der Waals surface area contributed by atoms with Crippen LogP contribution in [0.15, 0.2) is 47.7 Å². The fourth-order valence-electron chi connectivity index (χ4n) is 2.96. The number of hydrogen-bond acceptors (Lipinski definition) is 6. The maximum Gasteiger partial charge on any atom is 0.250 e. The summed E-state index contributed by atoms with van der Waals surface area (Å²) in [5.74, 6) is 0.653. The molecule has 0 aromatic carbocycles. The number of amides is 1. The highest BCUT2D eigenvalue weighted by atomic mass is 16.2. The van der Waals surface area contributed by atoms with Crippen LogP contribution in [0.5, 0.6) is 0 Å². The first kappa shape index (κ1) is 18.1. The van der Waals surface area contributed by atoms with E-state index in [1.54, 1.807) is 30.7 Å². The average molecular weight is 356 g/mol. The lowest BCUT2D eigenvalue weighted by molar-refractivity contribution is -0.121. The molecular weight excluding hydrogens is 332 g/mol. The normalized spacial score (nSPS) is 15.0. The van der Waals surface area contributed by atoms with Gasteiger partial charge in [0.1, 0.15) is 6.54 Å². The zero-order valence-electron chi connectivity index (χ0n) is 14.8. The maximum atomic E-state index is 11.9. The van der Waals surface area contributed by atoms with Crippen molar-refractivity contribution < 1.29 is 4.79 Å². The highest BCUT2D eigenvalue weighted by Gasteiger charge is 2.18. The fourth-order valence-corrected chi connectivity index (χ4v) is 2.96. The fraction of sp³-hybridized carbons (Fsp3) is 0.444. The van der Waals surface area contributed by atoms with Crippen LogP contribution in [0, 0.1) is 0 Å². The Morgan fingerprint density at radius 3 is 2.58 bits per heavy atom. The minimum Gasteiger partial charge on any atom is -0.355 e. The molecule has 1 saturated heterocycles. The van der Waals surface area contributed by atoms with Gasteiger partial charge in [0.25, 0.3) is 5.56 Å². The molecule has 2 aromatic rings. The van der Waals surface area contributed by atoms with E-state index in [2.05, 4.69) is 25.1 Å². The molecule has 0 radical (unpaired) electrons. The number of carbonyl (C=O) groups is 1. The van der Waals surface area contributed by atoms with Crippen LogP contribution in [0.25, 0.3) is 0 Å². The number of piperazine rings is 1. The van der Waals surface area contributed by atoms with Crippen LogP contribution in [-0.4, -0.2) is 64.6 Å². The highest BCUT2D eigenvalue weighted by Crippen LogP contribution is 2.09. The molecule has 26 heavy (non-hydrogen) atoms. The van der Waals surface area contributed by atoms with Gasteiger partial charge >= 0.3 is 0 Å². The molecular formula is C18H24N6O2. The van der Waals surface area contributed by atoms with Crippen LogP contribution < -0.4 is 15.8 Å². The first-order valence-corrected chi connectivity index (χ1v) is 8.89. The second kappa shape index (κ2) is 9.10. The van der Waals surface area contributed by atoms with Gasteiger partial charge in [0.15, 0.2) is 0 Å². The van der Waals surface area contributed by atoms with Gasteiger partial charge in [0, 0.05) is 57.4 Å². The van der Waals surface area contributed by atoms with Crippen molar-refractivity contribution in [2.24, 2.45) is 0 Å². The van der Waals surface area contributed by atoms with Gasteiger partial charge in [0.2, 0.25) is 11.9 Å². The molecule has 2 aromatic heterocycles. The topological polar surface area (TPSA) is 83.4 Å². The number of aromatic nitrogens is 3. The summed E-state index contributed by atoms with van der Waals surface area (Å²) in [7, 11) is 0. The monoisotopic (exact) mass is 356 g/mol. The number of hydrogen-bond donors (Lipinski definition) is 1. The van der Waals surface area contributed by atoms with Crippen LogP contribution >= 0.6 is 0 Å². The maximum absolute atomic E-state index is 11.9. The minimum absolute atomic E-state index is 0.0649. The van der Waals surface area contributed by atoms with Crippen molar-refractivity contribution in [3.8, 4) is 0 Å². The lowest BCUT2D eigenvalue weighted by Crippen LogP contribution is -2.47. The molecule has 0 bridgehead atoms. The molecule has 0 atom stereocenters. The minimum atomic E-state index is -0.164. The van der Waals surface area contributed by atoms with E-state index in [4.69, 9.17) is 0 Å². The molecule has 0 spiro atoms. The van der Waals surface area contributed by atoms with E-state index < -0.39 is 0 Å². The van der Waals surface area contributed by atoms with Gasteiger partial charge in [-0.05, 0) is 25.1 Å². The predicted octanol–water partition coefficient (Wildman–Crippen LogP) is -0.0332. The van der Waals surface area contributed by atoms with Gasteiger partial charge < -0.3 is 14.8 Å². The van der Waals surface area contributed by atoms with Gasteiger partial charge in [-0.3, -0.25) is 14.5 Å². The Kier molecular flexibility index (Phi) is 6.32. The Morgan fingerprint density at radius 2 is 1.85 bits per heavy atom. The van der Waals surface area contributed by atoms with Crippen LogP contribution in [0.4, 0.5) is 5.95 Å². The molecule has 138 valence electrons. The number of pyridine rings is 1. The van der Waals surface area contributed by atoms with Gasteiger partial charge in [0.05, 0.1) is 0 Å². The van der Waals surface area contributed by atoms with Gasteiger partial charge in [-0.15, -0.1) is 0 Å². The van der Waals surface area contributed by atoms with Crippen LogP contribution in [0.3, 0.4) is 0 Å². The summed E-state index contributed by atoms with van der Waals surface area (Å²) in [6, 6.07) is 6.69. The van der Waals surface area contributed by atoms with E-state index in [1.807, 2.05) is 6.07 Å². The standard InChI is InChI=1S/C18H24N6O2/c25-16(15-24-10-2-1-5-17(24)26)19-8-4-9-22-11-13-23(14-12-22)18-20-6-3-7-21-18/h1-3,5-7,10H,4,8-9,11-15H2,(H,19,25). The Bertz CT molecular complexity index is 756. The van der Waals surface area contributed by atoms with E-state index in [1.165, 1.54) is 10.6 Å². The third-order valence-corrected chi connectivity index (χ3v) is 4.39. The Morgan fingerprint density at radius 1 is 1.08 bits per heavy atom. The Hall–Kier alpha value is -2.74. The summed E-state index contributed by atoms with van der Waals surface area (Å²) in [6.45, 7) is 5.37. The molecule has 0 unspecified atom stereocenters. The van der Waals surface area contributed by atoms with E-state index >= 15 is 0 Å². The molecule has 1 aliphatic heterocycles. The Balaban J connectivity index is 1.32. The smallest absolute Gasteiger partial charge is 0.250 e. The summed E-state index contributed by atoms with van der Waals surface area (Å²) >= 11 is 0. The lowest BCUT2D eigenvalue weighted by Gasteiger charge is -2.34. The van der Waals surface area contributed by atoms with Crippen molar-refractivity contribution in [3.63, 3.8) is 0 Å². The SMILES string of the molecule is O=C(Cn1ccccc1=O)NCCCN1CCN(c2ncccn2)CC1. The number of anilines is 1.